The fourth-order valence-corrected chi connectivity index (χ4v) is 7.59. The number of carbonyl (C=O) groups excluding carboxylic acids is 1. The predicted octanol–water partition coefficient (Wildman–Crippen LogP) is 4.84. The van der Waals surface area contributed by atoms with Crippen molar-refractivity contribution in [3.63, 3.8) is 0 Å². The SMILES string of the molecule is Cc1ccc(S(=O)(=O)n2c(C(=O)c3cnn(-c4ccc5[nH]c(C)nc5c4)c3N)cc3ccc(-c4cncc(S(C)(=O)=O)c4)cc32)cc1. The second-order valence-electron chi connectivity index (χ2n) is 11.3. The van der Waals surface area contributed by atoms with Gasteiger partial charge in [-0.15, -0.1) is 0 Å². The molecule has 0 saturated heterocycles. The van der Waals surface area contributed by atoms with Crippen LogP contribution < -0.4 is 5.73 Å². The first-order chi connectivity index (χ1) is 22.3. The van der Waals surface area contributed by atoms with E-state index in [0.717, 1.165) is 27.1 Å². The van der Waals surface area contributed by atoms with Crippen LogP contribution in [0.4, 0.5) is 5.82 Å². The van der Waals surface area contributed by atoms with Gasteiger partial charge in [-0.3, -0.25) is 9.78 Å². The van der Waals surface area contributed by atoms with Gasteiger partial charge in [0.05, 0.1) is 43.8 Å². The van der Waals surface area contributed by atoms with Crippen LogP contribution in [0.15, 0.2) is 101 Å². The highest BCUT2D eigenvalue weighted by molar-refractivity contribution is 7.90. The van der Waals surface area contributed by atoms with Crippen molar-refractivity contribution in [2.45, 2.75) is 23.6 Å². The standard InChI is InChI=1S/C33H27N7O5S2/c1-19-4-9-25(10-5-19)47(44,45)40-30-13-21(23-12-26(17-35-16-23)46(3,42)43)6-7-22(30)14-31(40)32(41)27-18-36-39(33(27)34)24-8-11-28-29(15-24)38-20(2)37-28/h4-18H,34H2,1-3H3,(H,37,38). The smallest absolute Gasteiger partial charge is 0.268 e. The Morgan fingerprint density at radius 2 is 1.60 bits per heavy atom. The number of sulfone groups is 1. The molecule has 236 valence electrons. The molecule has 4 heterocycles. The van der Waals surface area contributed by atoms with E-state index in [2.05, 4.69) is 20.1 Å². The molecular formula is C33H27N7O5S2. The van der Waals surface area contributed by atoms with Gasteiger partial charge in [0.25, 0.3) is 10.0 Å². The molecule has 0 radical (unpaired) electrons. The lowest BCUT2D eigenvalue weighted by Gasteiger charge is -2.13. The fraction of sp³-hybridized carbons (Fsp3) is 0.0909. The molecule has 0 unspecified atom stereocenters. The van der Waals surface area contributed by atoms with Crippen molar-refractivity contribution in [2.24, 2.45) is 0 Å². The van der Waals surface area contributed by atoms with E-state index < -0.39 is 25.6 Å². The maximum absolute atomic E-state index is 14.3. The summed E-state index contributed by atoms with van der Waals surface area (Å²) in [5.74, 6) is 0.113. The number of hydrogen-bond donors (Lipinski definition) is 2. The highest BCUT2D eigenvalue weighted by Crippen LogP contribution is 2.33. The Labute approximate surface area is 269 Å². The number of fused-ring (bicyclic) bond motifs is 2. The van der Waals surface area contributed by atoms with Gasteiger partial charge in [0.2, 0.25) is 5.78 Å². The molecule has 7 aromatic rings. The number of nitrogens with zero attached hydrogens (tertiary/aromatic N) is 5. The number of H-pyrrole nitrogens is 1. The summed E-state index contributed by atoms with van der Waals surface area (Å²) < 4.78 is 55.4. The number of benzene rings is 3. The summed E-state index contributed by atoms with van der Waals surface area (Å²) >= 11 is 0. The number of imidazole rings is 1. The van der Waals surface area contributed by atoms with Gasteiger partial charge >= 0.3 is 0 Å². The number of rotatable bonds is 7. The minimum Gasteiger partial charge on any atom is -0.383 e. The molecule has 0 spiro atoms. The highest BCUT2D eigenvalue weighted by atomic mass is 32.2. The molecule has 4 aromatic heterocycles. The minimum atomic E-state index is -4.33. The number of ketones is 1. The first-order valence-corrected chi connectivity index (χ1v) is 17.6. The molecule has 3 aromatic carbocycles. The van der Waals surface area contributed by atoms with Crippen LogP contribution in [0.3, 0.4) is 0 Å². The molecule has 0 aliphatic rings. The number of nitrogen functional groups attached to an aromatic ring is 1. The molecule has 0 atom stereocenters. The van der Waals surface area contributed by atoms with Crippen LogP contribution >= 0.6 is 0 Å². The number of nitrogens with one attached hydrogen (secondary N) is 1. The first kappa shape index (κ1) is 30.1. The van der Waals surface area contributed by atoms with Crippen LogP contribution in [0.5, 0.6) is 0 Å². The van der Waals surface area contributed by atoms with Gasteiger partial charge in [-0.1, -0.05) is 29.8 Å². The lowest BCUT2D eigenvalue weighted by atomic mass is 10.1. The van der Waals surface area contributed by atoms with Gasteiger partial charge in [-0.2, -0.15) is 5.10 Å². The number of aromatic nitrogens is 6. The van der Waals surface area contributed by atoms with E-state index >= 15 is 0 Å². The van der Waals surface area contributed by atoms with E-state index in [0.29, 0.717) is 27.7 Å². The van der Waals surface area contributed by atoms with Crippen molar-refractivity contribution >= 4 is 53.4 Å². The Morgan fingerprint density at radius 3 is 2.34 bits per heavy atom. The Hall–Kier alpha value is -5.60. The van der Waals surface area contributed by atoms with Crippen LogP contribution in [0.25, 0.3) is 38.8 Å². The Balaban J connectivity index is 1.40. The second kappa shape index (κ2) is 10.7. The summed E-state index contributed by atoms with van der Waals surface area (Å²) in [6.45, 7) is 3.68. The summed E-state index contributed by atoms with van der Waals surface area (Å²) in [6, 6.07) is 19.6. The first-order valence-electron chi connectivity index (χ1n) is 14.3. The van der Waals surface area contributed by atoms with Crippen molar-refractivity contribution < 1.29 is 21.6 Å². The number of aryl methyl sites for hydroxylation is 2. The molecule has 0 aliphatic heterocycles. The third kappa shape index (κ3) is 5.16. The molecule has 0 saturated carbocycles. The summed E-state index contributed by atoms with van der Waals surface area (Å²) in [7, 11) is -7.88. The average Bonchev–Trinajstić information content (AvgIpc) is 3.73. The number of aromatic amines is 1. The molecular weight excluding hydrogens is 639 g/mol. The van der Waals surface area contributed by atoms with Crippen LogP contribution in [0.1, 0.15) is 27.4 Å². The van der Waals surface area contributed by atoms with E-state index in [1.165, 1.54) is 47.5 Å². The molecule has 0 aliphatic carbocycles. The maximum Gasteiger partial charge on any atom is 0.268 e. The number of pyridine rings is 1. The van der Waals surface area contributed by atoms with E-state index in [4.69, 9.17) is 5.73 Å². The highest BCUT2D eigenvalue weighted by Gasteiger charge is 2.29. The number of anilines is 1. The summed E-state index contributed by atoms with van der Waals surface area (Å²) in [5.41, 5.74) is 10.5. The normalized spacial score (nSPS) is 12.2. The Kier molecular flexibility index (Phi) is 6.88. The quantitative estimate of drug-likeness (QED) is 0.226. The number of hydrogen-bond acceptors (Lipinski definition) is 9. The molecule has 47 heavy (non-hydrogen) atoms. The fourth-order valence-electron chi connectivity index (χ4n) is 5.50. The number of carbonyl (C=O) groups is 1. The minimum absolute atomic E-state index is 0.0109. The molecule has 0 bridgehead atoms. The van der Waals surface area contributed by atoms with Crippen LogP contribution in [-0.4, -0.2) is 57.6 Å². The van der Waals surface area contributed by atoms with E-state index in [-0.39, 0.29) is 32.4 Å². The van der Waals surface area contributed by atoms with Crippen molar-refractivity contribution in [1.82, 2.24) is 28.7 Å². The van der Waals surface area contributed by atoms with Crippen LogP contribution in [0, 0.1) is 13.8 Å². The van der Waals surface area contributed by atoms with Gasteiger partial charge in [0.15, 0.2) is 9.84 Å². The summed E-state index contributed by atoms with van der Waals surface area (Å²) in [5, 5.41) is 4.82. The Bertz CT molecular complexity index is 2620. The van der Waals surface area contributed by atoms with E-state index in [9.17, 15) is 21.6 Å². The molecule has 0 fully saturated rings. The van der Waals surface area contributed by atoms with Gasteiger partial charge in [-0.05, 0) is 67.9 Å². The summed E-state index contributed by atoms with van der Waals surface area (Å²) in [6.07, 6.45) is 5.13. The third-order valence-corrected chi connectivity index (χ3v) is 10.7. The van der Waals surface area contributed by atoms with Gasteiger partial charge in [-0.25, -0.2) is 30.5 Å². The molecule has 7 rings (SSSR count). The molecule has 0 amide bonds. The lowest BCUT2D eigenvalue weighted by Crippen LogP contribution is -2.19. The average molecular weight is 666 g/mol. The topological polar surface area (TPSA) is 176 Å². The second-order valence-corrected chi connectivity index (χ2v) is 15.1. The zero-order valence-electron chi connectivity index (χ0n) is 25.3. The number of nitrogens with two attached hydrogens (primary N) is 1. The van der Waals surface area contributed by atoms with Crippen molar-refractivity contribution in [2.75, 3.05) is 12.0 Å². The summed E-state index contributed by atoms with van der Waals surface area (Å²) in [4.78, 5) is 25.9. The van der Waals surface area contributed by atoms with E-state index in [1.54, 1.807) is 42.5 Å². The molecule has 12 nitrogen and oxygen atoms in total. The maximum atomic E-state index is 14.3. The van der Waals surface area contributed by atoms with Gasteiger partial charge in [0.1, 0.15) is 17.3 Å². The largest absolute Gasteiger partial charge is 0.383 e. The molecule has 3 N–H and O–H groups in total. The van der Waals surface area contributed by atoms with Crippen LogP contribution in [0.2, 0.25) is 0 Å². The lowest BCUT2D eigenvalue weighted by molar-refractivity contribution is 0.103. The van der Waals surface area contributed by atoms with Gasteiger partial charge in [0, 0.05) is 29.6 Å². The van der Waals surface area contributed by atoms with Gasteiger partial charge < -0.3 is 10.7 Å². The van der Waals surface area contributed by atoms with E-state index in [1.807, 2.05) is 19.9 Å². The van der Waals surface area contributed by atoms with Crippen LogP contribution in [-0.2, 0) is 19.9 Å². The van der Waals surface area contributed by atoms with Crippen molar-refractivity contribution in [1.29, 1.82) is 0 Å². The Morgan fingerprint density at radius 1 is 0.830 bits per heavy atom. The van der Waals surface area contributed by atoms with Crippen molar-refractivity contribution in [3.05, 3.63) is 114 Å². The predicted molar refractivity (Wildman–Crippen MR) is 178 cm³/mol. The third-order valence-electron chi connectivity index (χ3n) is 7.91. The monoisotopic (exact) mass is 665 g/mol. The molecule has 14 heteroatoms. The zero-order chi connectivity index (χ0) is 33.2. The zero-order valence-corrected chi connectivity index (χ0v) is 27.0. The van der Waals surface area contributed by atoms with Crippen molar-refractivity contribution in [3.8, 4) is 16.8 Å².